The SMILES string of the molecule is O=C(NCc1cccnc1)c1cc(Cl)cc(Cl)c1O. The molecule has 4 nitrogen and oxygen atoms in total. The van der Waals surface area contributed by atoms with Crippen molar-refractivity contribution in [1.82, 2.24) is 10.3 Å². The highest BCUT2D eigenvalue weighted by Crippen LogP contribution is 2.30. The van der Waals surface area contributed by atoms with Crippen LogP contribution in [0.2, 0.25) is 10.0 Å². The van der Waals surface area contributed by atoms with E-state index in [4.69, 9.17) is 23.2 Å². The number of benzene rings is 1. The van der Waals surface area contributed by atoms with E-state index in [2.05, 4.69) is 10.3 Å². The number of phenolic OH excluding ortho intramolecular Hbond substituents is 1. The summed E-state index contributed by atoms with van der Waals surface area (Å²) in [7, 11) is 0. The molecule has 2 rings (SSSR count). The van der Waals surface area contributed by atoms with E-state index in [0.29, 0.717) is 6.54 Å². The minimum absolute atomic E-state index is 0.0408. The largest absolute Gasteiger partial charge is 0.506 e. The summed E-state index contributed by atoms with van der Waals surface area (Å²) in [5.41, 5.74) is 0.893. The monoisotopic (exact) mass is 296 g/mol. The molecule has 0 fully saturated rings. The van der Waals surface area contributed by atoms with E-state index >= 15 is 0 Å². The molecule has 0 atom stereocenters. The Morgan fingerprint density at radius 1 is 1.37 bits per heavy atom. The van der Waals surface area contributed by atoms with Crippen molar-refractivity contribution in [2.45, 2.75) is 6.54 Å². The molecule has 1 aromatic carbocycles. The summed E-state index contributed by atoms with van der Waals surface area (Å²) >= 11 is 11.6. The van der Waals surface area contributed by atoms with Crippen molar-refractivity contribution in [3.63, 3.8) is 0 Å². The summed E-state index contributed by atoms with van der Waals surface area (Å²) in [5, 5.41) is 12.7. The standard InChI is InChI=1S/C13H10Cl2N2O2/c14-9-4-10(12(18)11(15)5-9)13(19)17-7-8-2-1-3-16-6-8/h1-6,18H,7H2,(H,17,19). The number of phenols is 1. The molecule has 19 heavy (non-hydrogen) atoms. The van der Waals surface area contributed by atoms with Crippen molar-refractivity contribution in [1.29, 1.82) is 0 Å². The van der Waals surface area contributed by atoms with E-state index in [1.165, 1.54) is 12.1 Å². The van der Waals surface area contributed by atoms with Crippen LogP contribution >= 0.6 is 23.2 Å². The minimum atomic E-state index is -0.453. The summed E-state index contributed by atoms with van der Waals surface area (Å²) in [4.78, 5) is 15.9. The van der Waals surface area contributed by atoms with Crippen LogP contribution in [-0.4, -0.2) is 16.0 Å². The molecule has 1 aromatic heterocycles. The zero-order chi connectivity index (χ0) is 13.8. The van der Waals surface area contributed by atoms with Gasteiger partial charge in [0.25, 0.3) is 5.91 Å². The van der Waals surface area contributed by atoms with Gasteiger partial charge in [0.1, 0.15) is 5.75 Å². The summed E-state index contributed by atoms with van der Waals surface area (Å²) in [6.07, 6.45) is 3.29. The third kappa shape index (κ3) is 3.36. The van der Waals surface area contributed by atoms with E-state index in [1.807, 2.05) is 6.07 Å². The number of hydrogen-bond acceptors (Lipinski definition) is 3. The Morgan fingerprint density at radius 3 is 2.84 bits per heavy atom. The van der Waals surface area contributed by atoms with Gasteiger partial charge in [-0.25, -0.2) is 0 Å². The molecule has 0 aliphatic carbocycles. The Balaban J connectivity index is 2.13. The first-order valence-corrected chi connectivity index (χ1v) is 6.18. The molecular formula is C13H10Cl2N2O2. The van der Waals surface area contributed by atoms with Crippen molar-refractivity contribution in [3.8, 4) is 5.75 Å². The van der Waals surface area contributed by atoms with Crippen LogP contribution in [0.4, 0.5) is 0 Å². The number of aromatic nitrogens is 1. The zero-order valence-corrected chi connectivity index (χ0v) is 11.2. The van der Waals surface area contributed by atoms with E-state index in [0.717, 1.165) is 5.56 Å². The van der Waals surface area contributed by atoms with E-state index in [9.17, 15) is 9.90 Å². The Bertz CT molecular complexity index is 603. The smallest absolute Gasteiger partial charge is 0.255 e. The Morgan fingerprint density at radius 2 is 2.16 bits per heavy atom. The summed E-state index contributed by atoms with van der Waals surface area (Å²) < 4.78 is 0. The van der Waals surface area contributed by atoms with Crippen molar-refractivity contribution in [2.75, 3.05) is 0 Å². The van der Waals surface area contributed by atoms with E-state index < -0.39 is 5.91 Å². The van der Waals surface area contributed by atoms with E-state index in [1.54, 1.807) is 18.5 Å². The number of aromatic hydroxyl groups is 1. The van der Waals surface area contributed by atoms with Crippen molar-refractivity contribution in [3.05, 3.63) is 57.8 Å². The fraction of sp³-hybridized carbons (Fsp3) is 0.0769. The van der Waals surface area contributed by atoms with Crippen LogP contribution in [0.15, 0.2) is 36.7 Å². The van der Waals surface area contributed by atoms with Crippen LogP contribution < -0.4 is 5.32 Å². The highest BCUT2D eigenvalue weighted by atomic mass is 35.5. The molecule has 1 amide bonds. The summed E-state index contributed by atoms with van der Waals surface area (Å²) in [6, 6.07) is 6.34. The molecule has 0 saturated carbocycles. The fourth-order valence-electron chi connectivity index (χ4n) is 1.52. The number of pyridine rings is 1. The quantitative estimate of drug-likeness (QED) is 0.915. The van der Waals surface area contributed by atoms with Crippen LogP contribution in [0.5, 0.6) is 5.75 Å². The molecule has 0 radical (unpaired) electrons. The minimum Gasteiger partial charge on any atom is -0.506 e. The molecule has 0 saturated heterocycles. The maximum Gasteiger partial charge on any atom is 0.255 e. The zero-order valence-electron chi connectivity index (χ0n) is 9.73. The number of carbonyl (C=O) groups is 1. The second-order valence-corrected chi connectivity index (χ2v) is 4.67. The second kappa shape index (κ2) is 5.91. The van der Waals surface area contributed by atoms with Gasteiger partial charge in [-0.05, 0) is 23.8 Å². The number of rotatable bonds is 3. The first-order valence-electron chi connectivity index (χ1n) is 5.43. The van der Waals surface area contributed by atoms with Crippen molar-refractivity contribution in [2.24, 2.45) is 0 Å². The highest BCUT2D eigenvalue weighted by Gasteiger charge is 2.14. The lowest BCUT2D eigenvalue weighted by molar-refractivity contribution is 0.0948. The fourth-order valence-corrected chi connectivity index (χ4v) is 2.01. The van der Waals surface area contributed by atoms with Crippen LogP contribution in [0.3, 0.4) is 0 Å². The number of hydrogen-bond donors (Lipinski definition) is 2. The predicted octanol–water partition coefficient (Wildman–Crippen LogP) is 3.02. The third-order valence-electron chi connectivity index (χ3n) is 2.45. The Hall–Kier alpha value is -1.78. The lowest BCUT2D eigenvalue weighted by Gasteiger charge is -2.08. The molecule has 0 aliphatic heterocycles. The number of nitrogens with one attached hydrogen (secondary N) is 1. The van der Waals surface area contributed by atoms with Gasteiger partial charge in [0.2, 0.25) is 0 Å². The topological polar surface area (TPSA) is 62.2 Å². The van der Waals surface area contributed by atoms with Gasteiger partial charge in [0.15, 0.2) is 0 Å². The number of amides is 1. The molecule has 0 bridgehead atoms. The first-order chi connectivity index (χ1) is 9.08. The predicted molar refractivity (Wildman–Crippen MR) is 73.5 cm³/mol. The number of halogens is 2. The molecule has 2 N–H and O–H groups in total. The normalized spacial score (nSPS) is 10.2. The van der Waals surface area contributed by atoms with Crippen LogP contribution in [0, 0.1) is 0 Å². The lowest BCUT2D eigenvalue weighted by atomic mass is 10.2. The summed E-state index contributed by atoms with van der Waals surface area (Å²) in [5.74, 6) is -0.736. The molecule has 2 aromatic rings. The average molecular weight is 297 g/mol. The van der Waals surface area contributed by atoms with Gasteiger partial charge in [-0.3, -0.25) is 9.78 Å². The lowest BCUT2D eigenvalue weighted by Crippen LogP contribution is -2.23. The molecule has 1 heterocycles. The maximum atomic E-state index is 11.9. The number of carbonyl (C=O) groups excluding carboxylic acids is 1. The summed E-state index contributed by atoms with van der Waals surface area (Å²) in [6.45, 7) is 0.302. The van der Waals surface area contributed by atoms with Crippen molar-refractivity contribution < 1.29 is 9.90 Å². The molecule has 0 spiro atoms. The average Bonchev–Trinajstić information content (AvgIpc) is 2.41. The van der Waals surface area contributed by atoms with Crippen LogP contribution in [0.1, 0.15) is 15.9 Å². The van der Waals surface area contributed by atoms with Gasteiger partial charge in [0.05, 0.1) is 10.6 Å². The van der Waals surface area contributed by atoms with Crippen molar-refractivity contribution >= 4 is 29.1 Å². The van der Waals surface area contributed by atoms with Gasteiger partial charge in [-0.1, -0.05) is 29.3 Å². The molecule has 0 aliphatic rings. The van der Waals surface area contributed by atoms with E-state index in [-0.39, 0.29) is 21.4 Å². The van der Waals surface area contributed by atoms with Gasteiger partial charge >= 0.3 is 0 Å². The van der Waals surface area contributed by atoms with Gasteiger partial charge in [-0.15, -0.1) is 0 Å². The first kappa shape index (κ1) is 13.6. The highest BCUT2D eigenvalue weighted by molar-refractivity contribution is 6.36. The molecule has 98 valence electrons. The molecule has 0 unspecified atom stereocenters. The van der Waals surface area contributed by atoms with Crippen LogP contribution in [-0.2, 0) is 6.54 Å². The van der Waals surface area contributed by atoms with Gasteiger partial charge in [0, 0.05) is 24.0 Å². The molecular weight excluding hydrogens is 287 g/mol. The Kier molecular flexibility index (Phi) is 4.24. The second-order valence-electron chi connectivity index (χ2n) is 3.83. The Labute approximate surface area is 120 Å². The van der Waals surface area contributed by atoms with Gasteiger partial charge in [-0.2, -0.15) is 0 Å². The van der Waals surface area contributed by atoms with Crippen LogP contribution in [0.25, 0.3) is 0 Å². The van der Waals surface area contributed by atoms with Gasteiger partial charge < -0.3 is 10.4 Å². The third-order valence-corrected chi connectivity index (χ3v) is 2.95. The number of nitrogens with zero attached hydrogens (tertiary/aromatic N) is 1. The maximum absolute atomic E-state index is 11.9. The molecule has 6 heteroatoms.